The Hall–Kier alpha value is -3.37. The fraction of sp³-hybridized carbons (Fsp3) is 0.350. The lowest BCUT2D eigenvalue weighted by Crippen LogP contribution is -2.41. The molecule has 0 bridgehead atoms. The molecule has 2 aliphatic rings. The average Bonchev–Trinajstić information content (AvgIpc) is 3.32. The molecule has 2 aliphatic heterocycles. The molecular weight excluding hydrogens is 388 g/mol. The maximum Gasteiger partial charge on any atom is 0.265 e. The van der Waals surface area contributed by atoms with E-state index in [1.54, 1.807) is 35.2 Å². The lowest BCUT2D eigenvalue weighted by Gasteiger charge is -2.18. The summed E-state index contributed by atoms with van der Waals surface area (Å²) in [6.45, 7) is 1.15. The number of hydrogen-bond donors (Lipinski definition) is 4. The number of carbonyl (C=O) groups is 2. The first-order valence-electron chi connectivity index (χ1n) is 9.63. The summed E-state index contributed by atoms with van der Waals surface area (Å²) in [5, 5.41) is 30.0. The van der Waals surface area contributed by atoms with E-state index in [-0.39, 0.29) is 24.8 Å². The van der Waals surface area contributed by atoms with E-state index in [9.17, 15) is 19.8 Å². The number of anilines is 3. The number of aliphatic hydroxyl groups excluding tert-OH is 1. The van der Waals surface area contributed by atoms with Crippen molar-refractivity contribution in [1.82, 2.24) is 14.9 Å². The minimum Gasteiger partial charge on any atom is -0.391 e. The number of benzene rings is 1. The van der Waals surface area contributed by atoms with Crippen LogP contribution in [0, 0.1) is 5.41 Å². The van der Waals surface area contributed by atoms with E-state index in [1.165, 1.54) is 11.1 Å². The maximum atomic E-state index is 12.5. The third-order valence-corrected chi connectivity index (χ3v) is 5.33. The van der Waals surface area contributed by atoms with Crippen molar-refractivity contribution in [3.8, 4) is 0 Å². The molecule has 30 heavy (non-hydrogen) atoms. The molecule has 3 heterocycles. The van der Waals surface area contributed by atoms with Crippen molar-refractivity contribution in [2.24, 2.45) is 0 Å². The van der Waals surface area contributed by atoms with Crippen molar-refractivity contribution in [2.75, 3.05) is 29.9 Å². The van der Waals surface area contributed by atoms with Gasteiger partial charge in [-0.2, -0.15) is 4.98 Å². The van der Waals surface area contributed by atoms with Gasteiger partial charge in [0.15, 0.2) is 5.60 Å². The van der Waals surface area contributed by atoms with E-state index in [0.29, 0.717) is 36.6 Å². The predicted octanol–water partition coefficient (Wildman–Crippen LogP) is 0.544. The lowest BCUT2D eigenvalue weighted by atomic mass is 10.1. The molecule has 2 aromatic rings. The Morgan fingerprint density at radius 2 is 2.03 bits per heavy atom. The summed E-state index contributed by atoms with van der Waals surface area (Å²) < 4.78 is 0. The van der Waals surface area contributed by atoms with Gasteiger partial charge in [0.2, 0.25) is 5.95 Å². The SMILES string of the molecule is N=C[C@@]1(O)CCN(c2ccnc(Nc3ccc(C(=O)N4CC[C@H](O)C4)cc3)n2)C1=O. The number of nitrogens with zero attached hydrogens (tertiary/aromatic N) is 4. The number of aromatic nitrogens is 2. The van der Waals surface area contributed by atoms with Crippen LogP contribution in [0.3, 0.4) is 0 Å². The van der Waals surface area contributed by atoms with Crippen LogP contribution < -0.4 is 10.2 Å². The Bertz CT molecular complexity index is 982. The number of nitrogens with one attached hydrogen (secondary N) is 2. The standard InChI is InChI=1S/C20H22N6O4/c21-12-20(30)7-10-26(18(20)29)16-5-8-22-19(24-16)23-14-3-1-13(2-4-14)17(28)25-9-6-15(27)11-25/h1-5,8,12,15,21,27,30H,6-7,9-11H2,(H,22,23,24)/t15-,20-/m0/s1. The highest BCUT2D eigenvalue weighted by molar-refractivity contribution is 6.11. The molecule has 0 aliphatic carbocycles. The Morgan fingerprint density at radius 1 is 1.27 bits per heavy atom. The second-order valence-electron chi connectivity index (χ2n) is 7.41. The summed E-state index contributed by atoms with van der Waals surface area (Å²) in [6.07, 6.45) is 2.51. The largest absolute Gasteiger partial charge is 0.391 e. The highest BCUT2D eigenvalue weighted by Crippen LogP contribution is 2.26. The smallest absolute Gasteiger partial charge is 0.265 e. The Morgan fingerprint density at radius 3 is 2.67 bits per heavy atom. The second-order valence-corrected chi connectivity index (χ2v) is 7.41. The van der Waals surface area contributed by atoms with Crippen LogP contribution >= 0.6 is 0 Å². The molecule has 0 unspecified atom stereocenters. The molecule has 2 atom stereocenters. The molecule has 0 radical (unpaired) electrons. The first kappa shape index (κ1) is 19.9. The maximum absolute atomic E-state index is 12.5. The number of amides is 2. The van der Waals surface area contributed by atoms with Gasteiger partial charge in [0.05, 0.1) is 6.10 Å². The minimum absolute atomic E-state index is 0.123. The number of hydrogen-bond acceptors (Lipinski definition) is 8. The van der Waals surface area contributed by atoms with Gasteiger partial charge in [-0.15, -0.1) is 0 Å². The zero-order chi connectivity index (χ0) is 21.3. The van der Waals surface area contributed by atoms with Crippen LogP contribution in [0.15, 0.2) is 36.5 Å². The Kier molecular flexibility index (Phi) is 5.18. The van der Waals surface area contributed by atoms with Crippen molar-refractivity contribution >= 4 is 35.5 Å². The molecule has 10 heteroatoms. The zero-order valence-corrected chi connectivity index (χ0v) is 16.2. The summed E-state index contributed by atoms with van der Waals surface area (Å²) in [7, 11) is 0. The van der Waals surface area contributed by atoms with Gasteiger partial charge in [-0.1, -0.05) is 0 Å². The molecule has 1 aromatic heterocycles. The van der Waals surface area contributed by atoms with Crippen molar-refractivity contribution in [3.05, 3.63) is 42.1 Å². The number of rotatable bonds is 5. The molecule has 0 saturated carbocycles. The van der Waals surface area contributed by atoms with Gasteiger partial charge in [0.25, 0.3) is 11.8 Å². The number of carbonyl (C=O) groups excluding carboxylic acids is 2. The molecule has 2 fully saturated rings. The summed E-state index contributed by atoms with van der Waals surface area (Å²) in [5.74, 6) is -0.123. The van der Waals surface area contributed by atoms with Crippen LogP contribution in [-0.4, -0.2) is 74.4 Å². The predicted molar refractivity (Wildman–Crippen MR) is 109 cm³/mol. The quantitative estimate of drug-likeness (QED) is 0.527. The van der Waals surface area contributed by atoms with E-state index in [2.05, 4.69) is 15.3 Å². The Labute approximate surface area is 172 Å². The van der Waals surface area contributed by atoms with Crippen LogP contribution in [-0.2, 0) is 4.79 Å². The summed E-state index contributed by atoms with van der Waals surface area (Å²) >= 11 is 0. The number of likely N-dealkylation sites (tertiary alicyclic amines) is 1. The van der Waals surface area contributed by atoms with Crippen LogP contribution in [0.5, 0.6) is 0 Å². The molecule has 2 amide bonds. The second kappa shape index (κ2) is 7.81. The van der Waals surface area contributed by atoms with Crippen molar-refractivity contribution in [1.29, 1.82) is 5.41 Å². The molecule has 4 N–H and O–H groups in total. The van der Waals surface area contributed by atoms with Crippen LogP contribution in [0.2, 0.25) is 0 Å². The van der Waals surface area contributed by atoms with Crippen molar-refractivity contribution in [3.63, 3.8) is 0 Å². The average molecular weight is 410 g/mol. The number of aliphatic hydroxyl groups is 2. The number of β-amino-alcohol motifs (C(OH)–C–C–N with tert-alkyl or cyclic N) is 1. The lowest BCUT2D eigenvalue weighted by molar-refractivity contribution is -0.127. The van der Waals surface area contributed by atoms with Gasteiger partial charge in [-0.05, 0) is 36.8 Å². The van der Waals surface area contributed by atoms with Gasteiger partial charge in [0.1, 0.15) is 5.82 Å². The first-order valence-corrected chi connectivity index (χ1v) is 9.63. The summed E-state index contributed by atoms with van der Waals surface area (Å²) in [5.41, 5.74) is -0.599. The monoisotopic (exact) mass is 410 g/mol. The molecule has 0 spiro atoms. The van der Waals surface area contributed by atoms with Gasteiger partial charge >= 0.3 is 0 Å². The van der Waals surface area contributed by atoms with Gasteiger partial charge in [0, 0.05) is 49.7 Å². The normalized spacial score (nSPS) is 23.7. The third-order valence-electron chi connectivity index (χ3n) is 5.33. The molecule has 156 valence electrons. The van der Waals surface area contributed by atoms with Gasteiger partial charge < -0.3 is 25.8 Å². The van der Waals surface area contributed by atoms with E-state index in [1.807, 2.05) is 0 Å². The van der Waals surface area contributed by atoms with Gasteiger partial charge in [-0.3, -0.25) is 14.5 Å². The summed E-state index contributed by atoms with van der Waals surface area (Å²) in [4.78, 5) is 36.2. The van der Waals surface area contributed by atoms with E-state index >= 15 is 0 Å². The third kappa shape index (κ3) is 3.74. The van der Waals surface area contributed by atoms with Crippen molar-refractivity contribution < 1.29 is 19.8 Å². The molecule has 4 rings (SSSR count). The molecule has 2 saturated heterocycles. The minimum atomic E-state index is -1.79. The van der Waals surface area contributed by atoms with Crippen molar-refractivity contribution in [2.45, 2.75) is 24.5 Å². The fourth-order valence-electron chi connectivity index (χ4n) is 3.57. The highest BCUT2D eigenvalue weighted by Gasteiger charge is 2.44. The van der Waals surface area contributed by atoms with Gasteiger partial charge in [-0.25, -0.2) is 4.98 Å². The molecular formula is C20H22N6O4. The zero-order valence-electron chi connectivity index (χ0n) is 16.2. The molecule has 10 nitrogen and oxygen atoms in total. The summed E-state index contributed by atoms with van der Waals surface area (Å²) in [6, 6.07) is 8.39. The Balaban J connectivity index is 1.45. The first-order chi connectivity index (χ1) is 14.4. The fourth-order valence-corrected chi connectivity index (χ4v) is 3.57. The van der Waals surface area contributed by atoms with Crippen LogP contribution in [0.4, 0.5) is 17.5 Å². The highest BCUT2D eigenvalue weighted by atomic mass is 16.3. The van der Waals surface area contributed by atoms with E-state index < -0.39 is 17.6 Å². The van der Waals surface area contributed by atoms with E-state index in [4.69, 9.17) is 5.41 Å². The van der Waals surface area contributed by atoms with E-state index in [0.717, 1.165) is 6.21 Å². The van der Waals surface area contributed by atoms with Crippen LogP contribution in [0.1, 0.15) is 23.2 Å². The molecule has 1 aromatic carbocycles. The topological polar surface area (TPSA) is 143 Å². The van der Waals surface area contributed by atoms with Crippen LogP contribution in [0.25, 0.3) is 0 Å².